The zero-order valence-electron chi connectivity index (χ0n) is 13.0. The van der Waals surface area contributed by atoms with Crippen LogP contribution in [0.3, 0.4) is 0 Å². The van der Waals surface area contributed by atoms with Gasteiger partial charge in [-0.2, -0.15) is 0 Å². The van der Waals surface area contributed by atoms with E-state index in [1.807, 2.05) is 38.1 Å². The van der Waals surface area contributed by atoms with Gasteiger partial charge in [0.15, 0.2) is 11.0 Å². The summed E-state index contributed by atoms with van der Waals surface area (Å²) in [6.07, 6.45) is -0.317. The molecule has 2 aromatic rings. The van der Waals surface area contributed by atoms with Crippen LogP contribution in [0.4, 0.5) is 0 Å². The second kappa shape index (κ2) is 7.15. The lowest BCUT2D eigenvalue weighted by atomic mass is 10.1. The van der Waals surface area contributed by atoms with Gasteiger partial charge in [0.2, 0.25) is 0 Å². The van der Waals surface area contributed by atoms with E-state index in [0.29, 0.717) is 5.01 Å². The number of thiocarbonyl (C=S) groups is 1. The Kier molecular flexibility index (Phi) is 5.47. The summed E-state index contributed by atoms with van der Waals surface area (Å²) in [4.78, 5) is 17.0. The molecule has 0 spiro atoms. The van der Waals surface area contributed by atoms with Crippen molar-refractivity contribution in [3.8, 4) is 0 Å². The molecule has 0 aliphatic heterocycles. The number of hydrogen-bond acceptors (Lipinski definition) is 6. The van der Waals surface area contributed by atoms with Crippen molar-refractivity contribution < 1.29 is 14.3 Å². The maximum Gasteiger partial charge on any atom is 0.324 e. The number of carbonyl (C=O) groups excluding carboxylic acids is 1. The van der Waals surface area contributed by atoms with E-state index < -0.39 is 11.9 Å². The fourth-order valence-electron chi connectivity index (χ4n) is 1.91. The van der Waals surface area contributed by atoms with Gasteiger partial charge in [-0.05, 0) is 52.0 Å². The maximum atomic E-state index is 12.4. The first kappa shape index (κ1) is 16.8. The summed E-state index contributed by atoms with van der Waals surface area (Å²) in [6, 6.07) is 7.73. The van der Waals surface area contributed by atoms with E-state index in [2.05, 4.69) is 4.98 Å². The number of thiazole rings is 1. The molecule has 0 N–H and O–H groups in total. The number of fused-ring (bicyclic) bond motifs is 1. The third kappa shape index (κ3) is 4.01. The second-order valence-electron chi connectivity index (χ2n) is 5.42. The standard InChI is InChI=1S/C16H19NO3S2/c1-9(2)19-15(18)13(16(21)20-10(3)4)14-17-11-7-5-6-8-12(11)22-14/h5-10,13H,1-4H3. The van der Waals surface area contributed by atoms with E-state index in [4.69, 9.17) is 21.7 Å². The maximum absolute atomic E-state index is 12.4. The highest BCUT2D eigenvalue weighted by molar-refractivity contribution is 7.80. The van der Waals surface area contributed by atoms with E-state index in [0.717, 1.165) is 10.2 Å². The Morgan fingerprint density at radius 3 is 2.36 bits per heavy atom. The smallest absolute Gasteiger partial charge is 0.324 e. The highest BCUT2D eigenvalue weighted by Crippen LogP contribution is 2.30. The van der Waals surface area contributed by atoms with Crippen molar-refractivity contribution in [3.05, 3.63) is 29.3 Å². The SMILES string of the molecule is CC(C)OC(=O)C(C(=S)OC(C)C)c1nc2ccccc2s1. The van der Waals surface area contributed by atoms with E-state index >= 15 is 0 Å². The normalized spacial score (nSPS) is 12.6. The van der Waals surface area contributed by atoms with Gasteiger partial charge in [-0.1, -0.05) is 12.1 Å². The lowest BCUT2D eigenvalue weighted by Gasteiger charge is -2.19. The molecule has 0 aliphatic carbocycles. The average Bonchev–Trinajstić information content (AvgIpc) is 2.79. The monoisotopic (exact) mass is 337 g/mol. The van der Waals surface area contributed by atoms with E-state index in [1.54, 1.807) is 13.8 Å². The Bertz CT molecular complexity index is 624. The predicted octanol–water partition coefficient (Wildman–Crippen LogP) is 4.08. The lowest BCUT2D eigenvalue weighted by Crippen LogP contribution is -2.28. The van der Waals surface area contributed by atoms with Crippen LogP contribution in [-0.2, 0) is 14.3 Å². The topological polar surface area (TPSA) is 48.4 Å². The highest BCUT2D eigenvalue weighted by Gasteiger charge is 2.32. The third-order valence-electron chi connectivity index (χ3n) is 2.73. The van der Waals surface area contributed by atoms with Crippen LogP contribution in [0.15, 0.2) is 24.3 Å². The van der Waals surface area contributed by atoms with Crippen molar-refractivity contribution in [2.24, 2.45) is 0 Å². The van der Waals surface area contributed by atoms with Crippen LogP contribution in [0.2, 0.25) is 0 Å². The Morgan fingerprint density at radius 2 is 1.77 bits per heavy atom. The lowest BCUT2D eigenvalue weighted by molar-refractivity contribution is -0.147. The molecule has 0 aliphatic rings. The summed E-state index contributed by atoms with van der Waals surface area (Å²) >= 11 is 6.75. The van der Waals surface area contributed by atoms with E-state index in [9.17, 15) is 4.79 Å². The van der Waals surface area contributed by atoms with Gasteiger partial charge in [-0.15, -0.1) is 11.3 Å². The molecule has 1 aromatic heterocycles. The van der Waals surface area contributed by atoms with Crippen molar-refractivity contribution in [1.29, 1.82) is 0 Å². The number of para-hydroxylation sites is 1. The number of rotatable bonds is 5. The van der Waals surface area contributed by atoms with Gasteiger partial charge in [0.1, 0.15) is 5.01 Å². The van der Waals surface area contributed by atoms with E-state index in [-0.39, 0.29) is 17.3 Å². The first-order valence-electron chi connectivity index (χ1n) is 7.15. The summed E-state index contributed by atoms with van der Waals surface area (Å²) in [5.41, 5.74) is 0.845. The molecule has 0 fully saturated rings. The zero-order valence-corrected chi connectivity index (χ0v) is 14.7. The van der Waals surface area contributed by atoms with Crippen molar-refractivity contribution in [3.63, 3.8) is 0 Å². The van der Waals surface area contributed by atoms with Crippen LogP contribution in [-0.4, -0.2) is 28.2 Å². The van der Waals surface area contributed by atoms with Gasteiger partial charge in [0.25, 0.3) is 0 Å². The van der Waals surface area contributed by atoms with Crippen LogP contribution in [0, 0.1) is 0 Å². The number of ether oxygens (including phenoxy) is 2. The minimum Gasteiger partial charge on any atom is -0.483 e. The number of hydrogen-bond donors (Lipinski definition) is 0. The number of nitrogens with zero attached hydrogens (tertiary/aromatic N) is 1. The molecule has 4 nitrogen and oxygen atoms in total. The van der Waals surface area contributed by atoms with Crippen LogP contribution in [0.1, 0.15) is 38.6 Å². The van der Waals surface area contributed by atoms with Crippen molar-refractivity contribution >= 4 is 44.8 Å². The highest BCUT2D eigenvalue weighted by atomic mass is 32.1. The molecule has 1 aromatic carbocycles. The molecule has 0 amide bonds. The van der Waals surface area contributed by atoms with Gasteiger partial charge in [-0.3, -0.25) is 4.79 Å². The Morgan fingerprint density at radius 1 is 1.14 bits per heavy atom. The van der Waals surface area contributed by atoms with Gasteiger partial charge < -0.3 is 9.47 Å². The fraction of sp³-hybridized carbons (Fsp3) is 0.438. The second-order valence-corrected chi connectivity index (χ2v) is 6.89. The number of benzene rings is 1. The molecule has 6 heteroatoms. The van der Waals surface area contributed by atoms with Crippen LogP contribution in [0.5, 0.6) is 0 Å². The molecule has 0 saturated heterocycles. The first-order valence-corrected chi connectivity index (χ1v) is 8.37. The fourth-order valence-corrected chi connectivity index (χ4v) is 3.44. The molecule has 2 rings (SSSR count). The van der Waals surface area contributed by atoms with Gasteiger partial charge in [0.05, 0.1) is 22.4 Å². The first-order chi connectivity index (χ1) is 10.4. The molecule has 22 heavy (non-hydrogen) atoms. The number of carbonyl (C=O) groups is 1. The largest absolute Gasteiger partial charge is 0.483 e. The Hall–Kier alpha value is -1.53. The summed E-state index contributed by atoms with van der Waals surface area (Å²) in [5, 5.41) is 0.817. The van der Waals surface area contributed by atoms with Crippen molar-refractivity contribution in [2.75, 3.05) is 0 Å². The summed E-state index contributed by atoms with van der Waals surface area (Å²) < 4.78 is 11.9. The molecule has 1 unspecified atom stereocenters. The number of esters is 1. The van der Waals surface area contributed by atoms with Crippen molar-refractivity contribution in [2.45, 2.75) is 45.8 Å². The quantitative estimate of drug-likeness (QED) is 0.608. The molecule has 0 saturated carbocycles. The summed E-state index contributed by atoms with van der Waals surface area (Å²) in [5.74, 6) is -1.18. The van der Waals surface area contributed by atoms with Gasteiger partial charge in [-0.25, -0.2) is 4.98 Å². The molecule has 1 atom stereocenters. The molecule has 1 heterocycles. The third-order valence-corrected chi connectivity index (χ3v) is 4.17. The minimum absolute atomic E-state index is 0.101. The van der Waals surface area contributed by atoms with Crippen LogP contribution >= 0.6 is 23.6 Å². The predicted molar refractivity (Wildman–Crippen MR) is 92.4 cm³/mol. The van der Waals surface area contributed by atoms with Crippen LogP contribution in [0.25, 0.3) is 10.2 Å². The molecular weight excluding hydrogens is 318 g/mol. The molecular formula is C16H19NO3S2. The van der Waals surface area contributed by atoms with E-state index in [1.165, 1.54) is 11.3 Å². The average molecular weight is 337 g/mol. The van der Waals surface area contributed by atoms with Gasteiger partial charge >= 0.3 is 5.97 Å². The minimum atomic E-state index is -0.766. The number of aromatic nitrogens is 1. The Balaban J connectivity index is 2.38. The molecule has 118 valence electrons. The summed E-state index contributed by atoms with van der Waals surface area (Å²) in [6.45, 7) is 7.35. The Labute approximate surface area is 139 Å². The van der Waals surface area contributed by atoms with Crippen LogP contribution < -0.4 is 0 Å². The van der Waals surface area contributed by atoms with Crippen molar-refractivity contribution in [1.82, 2.24) is 4.98 Å². The zero-order chi connectivity index (χ0) is 16.3. The molecule has 0 bridgehead atoms. The van der Waals surface area contributed by atoms with Gasteiger partial charge in [0, 0.05) is 0 Å². The molecule has 0 radical (unpaired) electrons. The summed E-state index contributed by atoms with van der Waals surface area (Å²) in [7, 11) is 0.